The minimum Gasteiger partial charge on any atom is -0.493 e. The molecule has 0 heterocycles. The van der Waals surface area contributed by atoms with Crippen molar-refractivity contribution in [2.24, 2.45) is 5.92 Å². The maximum atomic E-state index is 5.87. The molecule has 0 fully saturated rings. The van der Waals surface area contributed by atoms with E-state index >= 15 is 0 Å². The fraction of sp³-hybridized carbons (Fsp3) is 0.600. The fourth-order valence-electron chi connectivity index (χ4n) is 1.89. The van der Waals surface area contributed by atoms with Crippen LogP contribution in [0.2, 0.25) is 0 Å². The first-order valence-corrected chi connectivity index (χ1v) is 6.48. The summed E-state index contributed by atoms with van der Waals surface area (Å²) in [6.07, 6.45) is 0. The Morgan fingerprint density at radius 3 is 2.24 bits per heavy atom. The first-order valence-electron chi connectivity index (χ1n) is 6.48. The van der Waals surface area contributed by atoms with E-state index in [1.807, 2.05) is 0 Å². The lowest BCUT2D eigenvalue weighted by molar-refractivity contribution is 0.267. The van der Waals surface area contributed by atoms with Crippen LogP contribution in [0.15, 0.2) is 12.1 Å². The van der Waals surface area contributed by atoms with Gasteiger partial charge in [0.15, 0.2) is 0 Å². The number of hydrogen-bond acceptors (Lipinski definition) is 2. The standard InChI is InChI=1S/C15H25NO/c1-6-16-9-14-7-12(4)15(13(5)8-14)17-10-11(2)3/h7-8,11,16H,6,9-10H2,1-5H3. The first kappa shape index (κ1) is 14.0. The van der Waals surface area contributed by atoms with Crippen LogP contribution in [0, 0.1) is 19.8 Å². The van der Waals surface area contributed by atoms with Crippen LogP contribution in [-0.2, 0) is 6.54 Å². The molecule has 0 bridgehead atoms. The molecule has 0 saturated carbocycles. The van der Waals surface area contributed by atoms with E-state index in [1.165, 1.54) is 16.7 Å². The summed E-state index contributed by atoms with van der Waals surface area (Å²) in [5.41, 5.74) is 3.80. The molecule has 17 heavy (non-hydrogen) atoms. The predicted octanol–water partition coefficient (Wildman–Crippen LogP) is 3.45. The number of benzene rings is 1. The van der Waals surface area contributed by atoms with Crippen LogP contribution in [0.25, 0.3) is 0 Å². The van der Waals surface area contributed by atoms with E-state index < -0.39 is 0 Å². The van der Waals surface area contributed by atoms with Crippen molar-refractivity contribution in [1.29, 1.82) is 0 Å². The van der Waals surface area contributed by atoms with E-state index in [2.05, 4.69) is 52.1 Å². The van der Waals surface area contributed by atoms with Gasteiger partial charge >= 0.3 is 0 Å². The van der Waals surface area contributed by atoms with E-state index in [4.69, 9.17) is 4.74 Å². The molecule has 1 aromatic carbocycles. The molecule has 1 aromatic rings. The van der Waals surface area contributed by atoms with E-state index in [1.54, 1.807) is 0 Å². The Morgan fingerprint density at radius 1 is 1.18 bits per heavy atom. The Balaban J connectivity index is 2.79. The molecule has 1 rings (SSSR count). The third kappa shape index (κ3) is 4.39. The summed E-state index contributed by atoms with van der Waals surface area (Å²) < 4.78 is 5.87. The van der Waals surface area contributed by atoms with Crippen molar-refractivity contribution in [1.82, 2.24) is 5.32 Å². The minimum atomic E-state index is 0.565. The number of nitrogens with one attached hydrogen (secondary N) is 1. The molecule has 0 aliphatic heterocycles. The molecule has 0 saturated heterocycles. The van der Waals surface area contributed by atoms with Crippen LogP contribution in [0.4, 0.5) is 0 Å². The summed E-state index contributed by atoms with van der Waals surface area (Å²) in [7, 11) is 0. The highest BCUT2D eigenvalue weighted by molar-refractivity contribution is 5.43. The number of aryl methyl sites for hydroxylation is 2. The van der Waals surface area contributed by atoms with Gasteiger partial charge in [-0.25, -0.2) is 0 Å². The molecule has 0 aromatic heterocycles. The van der Waals surface area contributed by atoms with Gasteiger partial charge in [-0.3, -0.25) is 0 Å². The zero-order chi connectivity index (χ0) is 12.8. The van der Waals surface area contributed by atoms with Crippen molar-refractivity contribution in [2.45, 2.75) is 41.2 Å². The Kier molecular flexibility index (Phi) is 5.49. The third-order valence-corrected chi connectivity index (χ3v) is 2.66. The lowest BCUT2D eigenvalue weighted by Crippen LogP contribution is -2.12. The average Bonchev–Trinajstić information content (AvgIpc) is 2.24. The molecular formula is C15H25NO. The van der Waals surface area contributed by atoms with Gasteiger partial charge in [-0.15, -0.1) is 0 Å². The second-order valence-corrected chi connectivity index (χ2v) is 5.04. The predicted molar refractivity (Wildman–Crippen MR) is 73.6 cm³/mol. The SMILES string of the molecule is CCNCc1cc(C)c(OCC(C)C)c(C)c1. The van der Waals surface area contributed by atoms with Gasteiger partial charge in [-0.05, 0) is 43.0 Å². The van der Waals surface area contributed by atoms with Crippen molar-refractivity contribution in [3.05, 3.63) is 28.8 Å². The molecule has 0 aliphatic rings. The molecule has 2 heteroatoms. The summed E-state index contributed by atoms with van der Waals surface area (Å²) in [5, 5.41) is 3.35. The molecule has 2 nitrogen and oxygen atoms in total. The van der Waals surface area contributed by atoms with E-state index in [0.717, 1.165) is 25.4 Å². The maximum Gasteiger partial charge on any atom is 0.125 e. The van der Waals surface area contributed by atoms with Crippen molar-refractivity contribution < 1.29 is 4.74 Å². The molecule has 0 atom stereocenters. The van der Waals surface area contributed by atoms with E-state index in [-0.39, 0.29) is 0 Å². The summed E-state index contributed by atoms with van der Waals surface area (Å²) in [5.74, 6) is 1.62. The van der Waals surface area contributed by atoms with Gasteiger partial charge in [0, 0.05) is 6.54 Å². The van der Waals surface area contributed by atoms with Gasteiger partial charge in [0.05, 0.1) is 6.61 Å². The number of rotatable bonds is 6. The van der Waals surface area contributed by atoms with Crippen LogP contribution in [0.3, 0.4) is 0 Å². The van der Waals surface area contributed by atoms with Crippen molar-refractivity contribution >= 4 is 0 Å². The van der Waals surface area contributed by atoms with Gasteiger partial charge in [0.2, 0.25) is 0 Å². The van der Waals surface area contributed by atoms with Gasteiger partial charge in [-0.1, -0.05) is 32.9 Å². The molecule has 0 amide bonds. The maximum absolute atomic E-state index is 5.87. The molecule has 0 radical (unpaired) electrons. The zero-order valence-corrected chi connectivity index (χ0v) is 11.8. The lowest BCUT2D eigenvalue weighted by atomic mass is 10.1. The third-order valence-electron chi connectivity index (χ3n) is 2.66. The normalized spacial score (nSPS) is 10.9. The van der Waals surface area contributed by atoms with Crippen LogP contribution >= 0.6 is 0 Å². The van der Waals surface area contributed by atoms with Crippen LogP contribution in [-0.4, -0.2) is 13.2 Å². The van der Waals surface area contributed by atoms with Gasteiger partial charge < -0.3 is 10.1 Å². The van der Waals surface area contributed by atoms with Crippen molar-refractivity contribution in [2.75, 3.05) is 13.2 Å². The van der Waals surface area contributed by atoms with Gasteiger partial charge in [0.1, 0.15) is 5.75 Å². The van der Waals surface area contributed by atoms with Crippen LogP contribution < -0.4 is 10.1 Å². The van der Waals surface area contributed by atoms with Crippen molar-refractivity contribution in [3.63, 3.8) is 0 Å². The summed E-state index contributed by atoms with van der Waals surface area (Å²) in [6, 6.07) is 4.43. The highest BCUT2D eigenvalue weighted by atomic mass is 16.5. The van der Waals surface area contributed by atoms with Gasteiger partial charge in [0.25, 0.3) is 0 Å². The summed E-state index contributed by atoms with van der Waals surface area (Å²) >= 11 is 0. The van der Waals surface area contributed by atoms with Gasteiger partial charge in [-0.2, -0.15) is 0 Å². The quantitative estimate of drug-likeness (QED) is 0.815. The second kappa shape index (κ2) is 6.65. The topological polar surface area (TPSA) is 21.3 Å². The highest BCUT2D eigenvalue weighted by Crippen LogP contribution is 2.25. The molecule has 96 valence electrons. The Labute approximate surface area is 105 Å². The zero-order valence-electron chi connectivity index (χ0n) is 11.8. The largest absolute Gasteiger partial charge is 0.493 e. The fourth-order valence-corrected chi connectivity index (χ4v) is 1.89. The summed E-state index contributed by atoms with van der Waals surface area (Å²) in [6.45, 7) is 13.4. The molecule has 0 aliphatic carbocycles. The minimum absolute atomic E-state index is 0.565. The lowest BCUT2D eigenvalue weighted by Gasteiger charge is -2.15. The monoisotopic (exact) mass is 235 g/mol. The second-order valence-electron chi connectivity index (χ2n) is 5.04. The molecule has 0 unspecified atom stereocenters. The highest BCUT2D eigenvalue weighted by Gasteiger charge is 2.07. The Bertz CT molecular complexity index is 335. The van der Waals surface area contributed by atoms with Crippen LogP contribution in [0.1, 0.15) is 37.5 Å². The number of hydrogen-bond donors (Lipinski definition) is 1. The average molecular weight is 235 g/mol. The molecular weight excluding hydrogens is 210 g/mol. The smallest absolute Gasteiger partial charge is 0.125 e. The Hall–Kier alpha value is -1.02. The Morgan fingerprint density at radius 2 is 1.76 bits per heavy atom. The summed E-state index contributed by atoms with van der Waals surface area (Å²) in [4.78, 5) is 0. The number of ether oxygens (including phenoxy) is 1. The van der Waals surface area contributed by atoms with E-state index in [9.17, 15) is 0 Å². The van der Waals surface area contributed by atoms with E-state index in [0.29, 0.717) is 5.92 Å². The van der Waals surface area contributed by atoms with Crippen molar-refractivity contribution in [3.8, 4) is 5.75 Å². The van der Waals surface area contributed by atoms with Crippen LogP contribution in [0.5, 0.6) is 5.75 Å². The molecule has 1 N–H and O–H groups in total. The molecule has 0 spiro atoms. The first-order chi connectivity index (χ1) is 8.04.